The van der Waals surface area contributed by atoms with Crippen molar-refractivity contribution in [3.05, 3.63) is 0 Å². The summed E-state index contributed by atoms with van der Waals surface area (Å²) in [6.45, 7) is 2.97. The van der Waals surface area contributed by atoms with Crippen LogP contribution in [0.25, 0.3) is 0 Å². The number of Topliss-reactive ketones (excluding diaryl/α,β-unsaturated/α-hetero) is 1. The summed E-state index contributed by atoms with van der Waals surface area (Å²) in [5.74, 6) is -2.94. The number of aliphatic hydroxyl groups excluding tert-OH is 3. The highest BCUT2D eigenvalue weighted by Gasteiger charge is 2.55. The van der Waals surface area contributed by atoms with Crippen LogP contribution in [0.1, 0.15) is 26.7 Å². The topological polar surface area (TPSA) is 119 Å². The van der Waals surface area contributed by atoms with Gasteiger partial charge in [0.25, 0.3) is 0 Å². The summed E-state index contributed by atoms with van der Waals surface area (Å²) in [6, 6.07) is -1.13. The van der Waals surface area contributed by atoms with E-state index >= 15 is 0 Å². The van der Waals surface area contributed by atoms with E-state index < -0.39 is 42.5 Å². The lowest BCUT2D eigenvalue weighted by Gasteiger charge is -2.46. The molecule has 1 unspecified atom stereocenters. The van der Waals surface area contributed by atoms with Gasteiger partial charge >= 0.3 is 0 Å². The zero-order chi connectivity index (χ0) is 14.6. The average Bonchev–Trinajstić information content (AvgIpc) is 2.37. The number of nitrogens with one attached hydrogen (secondary N) is 1. The van der Waals surface area contributed by atoms with Crippen LogP contribution in [0.15, 0.2) is 0 Å². The van der Waals surface area contributed by atoms with Gasteiger partial charge in [-0.3, -0.25) is 4.79 Å². The van der Waals surface area contributed by atoms with E-state index in [0.29, 0.717) is 6.54 Å². The Morgan fingerprint density at radius 2 is 2.00 bits per heavy atom. The summed E-state index contributed by atoms with van der Waals surface area (Å²) >= 11 is 0. The predicted octanol–water partition coefficient (Wildman–Crippen LogP) is -1.86. The minimum atomic E-state index is -2.25. The lowest BCUT2D eigenvalue weighted by molar-refractivity contribution is -0.301. The third kappa shape index (κ3) is 3.31. The van der Waals surface area contributed by atoms with Crippen LogP contribution < -0.4 is 5.32 Å². The van der Waals surface area contributed by atoms with Crippen LogP contribution in [0.5, 0.6) is 0 Å². The van der Waals surface area contributed by atoms with Gasteiger partial charge in [0.15, 0.2) is 5.78 Å². The maximum atomic E-state index is 11.6. The monoisotopic (exact) mass is 277 g/mol. The molecule has 0 spiro atoms. The molecule has 0 amide bonds. The van der Waals surface area contributed by atoms with Gasteiger partial charge in [-0.05, 0) is 13.0 Å². The van der Waals surface area contributed by atoms with Gasteiger partial charge in [0.05, 0.1) is 12.6 Å². The fraction of sp³-hybridized carbons (Fsp3) is 0.917. The van der Waals surface area contributed by atoms with Crippen LogP contribution in [0.3, 0.4) is 0 Å². The van der Waals surface area contributed by atoms with E-state index in [9.17, 15) is 20.1 Å². The molecule has 1 aliphatic rings. The summed E-state index contributed by atoms with van der Waals surface area (Å²) in [7, 11) is 0. The number of ether oxygens (including phenoxy) is 1. The highest BCUT2D eigenvalue weighted by Crippen LogP contribution is 2.29. The Labute approximate surface area is 112 Å². The molecule has 0 saturated carbocycles. The normalized spacial score (nSPS) is 39.3. The quantitative estimate of drug-likeness (QED) is 0.361. The van der Waals surface area contributed by atoms with Gasteiger partial charge in [-0.2, -0.15) is 0 Å². The molecule has 5 atom stereocenters. The molecule has 19 heavy (non-hydrogen) atoms. The summed E-state index contributed by atoms with van der Waals surface area (Å²) < 4.78 is 5.09. The Morgan fingerprint density at radius 1 is 1.37 bits per heavy atom. The standard InChI is InChI=1S/C12H23NO6/c1-3-4-5-13-11-10(17)9(16)8(6-14)19-12(11,18)7(2)15/h8-11,13-14,16-18H,3-6H2,1-2H3/t8-,9+,10+,11-,12?/m1/s1. The average molecular weight is 277 g/mol. The maximum Gasteiger partial charge on any atom is 0.245 e. The molecule has 0 bridgehead atoms. The first kappa shape index (κ1) is 16.5. The van der Waals surface area contributed by atoms with Crippen LogP contribution in [0.4, 0.5) is 0 Å². The molecule has 0 aliphatic carbocycles. The molecule has 0 aromatic rings. The van der Waals surface area contributed by atoms with Gasteiger partial charge < -0.3 is 30.5 Å². The molecule has 5 N–H and O–H groups in total. The van der Waals surface area contributed by atoms with Crippen molar-refractivity contribution in [1.29, 1.82) is 0 Å². The van der Waals surface area contributed by atoms with Crippen molar-refractivity contribution in [2.45, 2.75) is 56.8 Å². The first-order chi connectivity index (χ1) is 8.88. The highest BCUT2D eigenvalue weighted by atomic mass is 16.7. The molecule has 7 heteroatoms. The number of unbranched alkanes of at least 4 members (excludes halogenated alkanes) is 1. The minimum Gasteiger partial charge on any atom is -0.394 e. The number of aliphatic hydroxyl groups is 4. The van der Waals surface area contributed by atoms with Crippen LogP contribution in [-0.4, -0.2) is 69.5 Å². The van der Waals surface area contributed by atoms with Crippen molar-refractivity contribution in [3.63, 3.8) is 0 Å². The van der Waals surface area contributed by atoms with Gasteiger partial charge in [-0.15, -0.1) is 0 Å². The largest absolute Gasteiger partial charge is 0.394 e. The molecular formula is C12H23NO6. The van der Waals surface area contributed by atoms with E-state index in [4.69, 9.17) is 9.84 Å². The fourth-order valence-corrected chi connectivity index (χ4v) is 2.16. The number of rotatable bonds is 6. The van der Waals surface area contributed by atoms with Crippen molar-refractivity contribution in [2.24, 2.45) is 0 Å². The predicted molar refractivity (Wildman–Crippen MR) is 66.3 cm³/mol. The van der Waals surface area contributed by atoms with Crippen molar-refractivity contribution < 1.29 is 30.0 Å². The molecule has 0 aromatic carbocycles. The van der Waals surface area contributed by atoms with Crippen molar-refractivity contribution in [1.82, 2.24) is 5.32 Å². The van der Waals surface area contributed by atoms with Crippen molar-refractivity contribution in [3.8, 4) is 0 Å². The van der Waals surface area contributed by atoms with Gasteiger partial charge in [0.1, 0.15) is 18.3 Å². The first-order valence-electron chi connectivity index (χ1n) is 6.50. The minimum absolute atomic E-state index is 0.466. The molecule has 1 saturated heterocycles. The Bertz CT molecular complexity index is 313. The summed E-state index contributed by atoms with van der Waals surface area (Å²) in [6.07, 6.45) is -2.29. The third-order valence-electron chi connectivity index (χ3n) is 3.40. The molecule has 1 heterocycles. The Morgan fingerprint density at radius 3 is 2.47 bits per heavy atom. The molecule has 0 radical (unpaired) electrons. The number of ketones is 1. The van der Waals surface area contributed by atoms with E-state index in [1.165, 1.54) is 0 Å². The SMILES string of the molecule is CCCCN[C@@H]1[C@@H](O)[C@@H](O)[C@@H](CO)OC1(O)C(C)=O. The summed E-state index contributed by atoms with van der Waals surface area (Å²) in [5.41, 5.74) is 0. The zero-order valence-electron chi connectivity index (χ0n) is 11.2. The molecule has 1 aliphatic heterocycles. The molecule has 1 rings (SSSR count). The summed E-state index contributed by atoms with van der Waals surface area (Å²) in [4.78, 5) is 11.6. The summed E-state index contributed by atoms with van der Waals surface area (Å²) in [5, 5.41) is 42.0. The molecule has 0 aromatic heterocycles. The maximum absolute atomic E-state index is 11.6. The second-order valence-electron chi connectivity index (χ2n) is 4.86. The highest BCUT2D eigenvalue weighted by molar-refractivity contribution is 5.84. The number of carbonyl (C=O) groups is 1. The van der Waals surface area contributed by atoms with Gasteiger partial charge in [0.2, 0.25) is 5.79 Å². The van der Waals surface area contributed by atoms with Crippen LogP contribution in [-0.2, 0) is 9.53 Å². The van der Waals surface area contributed by atoms with E-state index in [-0.39, 0.29) is 0 Å². The van der Waals surface area contributed by atoms with E-state index in [1.807, 2.05) is 6.92 Å². The smallest absolute Gasteiger partial charge is 0.245 e. The first-order valence-corrected chi connectivity index (χ1v) is 6.50. The molecule has 112 valence electrons. The van der Waals surface area contributed by atoms with Crippen LogP contribution in [0.2, 0.25) is 0 Å². The van der Waals surface area contributed by atoms with Crippen molar-refractivity contribution >= 4 is 5.78 Å². The van der Waals surface area contributed by atoms with Gasteiger partial charge in [0, 0.05) is 6.92 Å². The Balaban J connectivity index is 2.91. The second-order valence-corrected chi connectivity index (χ2v) is 4.86. The number of hydrogen-bond donors (Lipinski definition) is 5. The van der Waals surface area contributed by atoms with Crippen LogP contribution >= 0.6 is 0 Å². The van der Waals surface area contributed by atoms with E-state index in [1.54, 1.807) is 0 Å². The molecular weight excluding hydrogens is 254 g/mol. The number of hydrogen-bond acceptors (Lipinski definition) is 7. The van der Waals surface area contributed by atoms with E-state index in [0.717, 1.165) is 19.8 Å². The fourth-order valence-electron chi connectivity index (χ4n) is 2.16. The van der Waals surface area contributed by atoms with Gasteiger partial charge in [-0.1, -0.05) is 13.3 Å². The third-order valence-corrected chi connectivity index (χ3v) is 3.40. The Hall–Kier alpha value is -0.570. The lowest BCUT2D eigenvalue weighted by atomic mass is 9.88. The Kier molecular flexibility index (Phi) is 5.84. The second kappa shape index (κ2) is 6.74. The van der Waals surface area contributed by atoms with Gasteiger partial charge in [-0.25, -0.2) is 0 Å². The lowest BCUT2D eigenvalue weighted by Crippen LogP contribution is -2.71. The van der Waals surface area contributed by atoms with Crippen LogP contribution in [0, 0.1) is 0 Å². The zero-order valence-corrected chi connectivity index (χ0v) is 11.2. The number of carbonyl (C=O) groups excluding carboxylic acids is 1. The van der Waals surface area contributed by atoms with E-state index in [2.05, 4.69) is 5.32 Å². The molecule has 7 nitrogen and oxygen atoms in total. The van der Waals surface area contributed by atoms with Crippen molar-refractivity contribution in [2.75, 3.05) is 13.2 Å². The molecule has 1 fully saturated rings.